The van der Waals surface area contributed by atoms with Crippen LogP contribution in [0.15, 0.2) is 54.6 Å². The van der Waals surface area contributed by atoms with E-state index < -0.39 is 5.97 Å². The number of hydrogen-bond donors (Lipinski definition) is 1. The topological polar surface area (TPSA) is 54.4 Å². The standard InChI is InChI=1S/C16H11ClO3/c17-14-8-6-12(7-9-14)15(18)10-3-11-1-4-13(5-2-11)16(19)20/h1-10H,(H,19,20)/b10-3+. The predicted octanol–water partition coefficient (Wildman–Crippen LogP) is 3.93. The van der Waals surface area contributed by atoms with E-state index in [1.807, 2.05) is 0 Å². The number of carboxylic acids is 1. The van der Waals surface area contributed by atoms with Crippen LogP contribution in [0.3, 0.4) is 0 Å². The Morgan fingerprint density at radius 2 is 1.45 bits per heavy atom. The fraction of sp³-hybridized carbons (Fsp3) is 0. The van der Waals surface area contributed by atoms with E-state index in [1.54, 1.807) is 42.5 Å². The molecule has 100 valence electrons. The molecule has 2 rings (SSSR count). The zero-order valence-corrected chi connectivity index (χ0v) is 11.2. The van der Waals surface area contributed by atoms with Crippen molar-refractivity contribution in [2.75, 3.05) is 0 Å². The molecular formula is C16H11ClO3. The molecule has 0 aliphatic heterocycles. The van der Waals surface area contributed by atoms with Gasteiger partial charge in [-0.25, -0.2) is 4.79 Å². The smallest absolute Gasteiger partial charge is 0.335 e. The zero-order valence-electron chi connectivity index (χ0n) is 10.4. The van der Waals surface area contributed by atoms with Gasteiger partial charge in [0, 0.05) is 10.6 Å². The van der Waals surface area contributed by atoms with Crippen LogP contribution in [0.25, 0.3) is 6.08 Å². The highest BCUT2D eigenvalue weighted by Crippen LogP contribution is 2.11. The monoisotopic (exact) mass is 286 g/mol. The van der Waals surface area contributed by atoms with Crippen molar-refractivity contribution < 1.29 is 14.7 Å². The van der Waals surface area contributed by atoms with Crippen molar-refractivity contribution in [2.24, 2.45) is 0 Å². The number of rotatable bonds is 4. The molecule has 4 heteroatoms. The summed E-state index contributed by atoms with van der Waals surface area (Å²) in [6, 6.07) is 12.9. The van der Waals surface area contributed by atoms with Crippen molar-refractivity contribution in [3.05, 3.63) is 76.3 Å². The number of hydrogen-bond acceptors (Lipinski definition) is 2. The van der Waals surface area contributed by atoms with Gasteiger partial charge in [-0.1, -0.05) is 29.8 Å². The molecule has 0 heterocycles. The van der Waals surface area contributed by atoms with Crippen molar-refractivity contribution in [2.45, 2.75) is 0 Å². The van der Waals surface area contributed by atoms with Crippen LogP contribution in [-0.4, -0.2) is 16.9 Å². The SMILES string of the molecule is O=C(O)c1ccc(/C=C/C(=O)c2ccc(Cl)cc2)cc1. The largest absolute Gasteiger partial charge is 0.478 e. The van der Waals surface area contributed by atoms with Crippen LogP contribution in [0.4, 0.5) is 0 Å². The van der Waals surface area contributed by atoms with Crippen LogP contribution < -0.4 is 0 Å². The van der Waals surface area contributed by atoms with E-state index in [1.165, 1.54) is 18.2 Å². The second-order valence-electron chi connectivity index (χ2n) is 4.13. The highest BCUT2D eigenvalue weighted by molar-refractivity contribution is 6.30. The van der Waals surface area contributed by atoms with Gasteiger partial charge in [0.2, 0.25) is 0 Å². The first-order chi connectivity index (χ1) is 9.56. The molecule has 0 unspecified atom stereocenters. The molecule has 2 aromatic rings. The summed E-state index contributed by atoms with van der Waals surface area (Å²) < 4.78 is 0. The quantitative estimate of drug-likeness (QED) is 0.684. The van der Waals surface area contributed by atoms with Crippen LogP contribution in [0.5, 0.6) is 0 Å². The number of carbonyl (C=O) groups excluding carboxylic acids is 1. The number of aromatic carboxylic acids is 1. The predicted molar refractivity (Wildman–Crippen MR) is 78.2 cm³/mol. The number of benzene rings is 2. The van der Waals surface area contributed by atoms with Gasteiger partial charge in [0.25, 0.3) is 0 Å². The summed E-state index contributed by atoms with van der Waals surface area (Å²) >= 11 is 5.75. The van der Waals surface area contributed by atoms with Gasteiger partial charge in [0.1, 0.15) is 0 Å². The fourth-order valence-corrected chi connectivity index (χ4v) is 1.75. The molecule has 0 radical (unpaired) electrons. The van der Waals surface area contributed by atoms with E-state index in [9.17, 15) is 9.59 Å². The van der Waals surface area contributed by atoms with Crippen LogP contribution in [0, 0.1) is 0 Å². The second kappa shape index (κ2) is 6.17. The summed E-state index contributed by atoms with van der Waals surface area (Å²) in [5, 5.41) is 9.36. The minimum atomic E-state index is -0.974. The molecule has 20 heavy (non-hydrogen) atoms. The zero-order chi connectivity index (χ0) is 14.5. The molecule has 0 saturated carbocycles. The van der Waals surface area contributed by atoms with Gasteiger partial charge in [-0.05, 0) is 48.0 Å². The minimum absolute atomic E-state index is 0.135. The molecule has 3 nitrogen and oxygen atoms in total. The summed E-state index contributed by atoms with van der Waals surface area (Å²) in [7, 11) is 0. The summed E-state index contributed by atoms with van der Waals surface area (Å²) in [5.41, 5.74) is 1.52. The van der Waals surface area contributed by atoms with Crippen molar-refractivity contribution in [3.8, 4) is 0 Å². The molecule has 0 saturated heterocycles. The lowest BCUT2D eigenvalue weighted by Crippen LogP contribution is -1.95. The lowest BCUT2D eigenvalue weighted by molar-refractivity contribution is 0.0696. The van der Waals surface area contributed by atoms with Gasteiger partial charge in [0.15, 0.2) is 5.78 Å². The van der Waals surface area contributed by atoms with Gasteiger partial charge >= 0.3 is 5.97 Å². The Kier molecular flexibility index (Phi) is 4.33. The first kappa shape index (κ1) is 14.0. The first-order valence-corrected chi connectivity index (χ1v) is 6.25. The highest BCUT2D eigenvalue weighted by atomic mass is 35.5. The number of carboxylic acid groups (broad SMARTS) is 1. The van der Waals surface area contributed by atoms with Gasteiger partial charge in [-0.15, -0.1) is 0 Å². The molecule has 1 N–H and O–H groups in total. The van der Waals surface area contributed by atoms with Gasteiger partial charge in [0.05, 0.1) is 5.56 Å². The van der Waals surface area contributed by atoms with Crippen molar-refractivity contribution in [1.29, 1.82) is 0 Å². The molecule has 0 aliphatic carbocycles. The third-order valence-corrected chi connectivity index (χ3v) is 2.97. The van der Waals surface area contributed by atoms with E-state index in [0.29, 0.717) is 10.6 Å². The van der Waals surface area contributed by atoms with E-state index in [2.05, 4.69) is 0 Å². The van der Waals surface area contributed by atoms with Gasteiger partial charge in [-0.3, -0.25) is 4.79 Å². The molecule has 0 aromatic heterocycles. The Morgan fingerprint density at radius 3 is 2.00 bits per heavy atom. The van der Waals surface area contributed by atoms with Crippen molar-refractivity contribution in [1.82, 2.24) is 0 Å². The summed E-state index contributed by atoms with van der Waals surface area (Å²) in [6.45, 7) is 0. The van der Waals surface area contributed by atoms with E-state index in [4.69, 9.17) is 16.7 Å². The van der Waals surface area contributed by atoms with Crippen LogP contribution in [-0.2, 0) is 0 Å². The van der Waals surface area contributed by atoms with E-state index >= 15 is 0 Å². The maximum Gasteiger partial charge on any atom is 0.335 e. The number of ketones is 1. The van der Waals surface area contributed by atoms with Crippen LogP contribution >= 0.6 is 11.6 Å². The maximum atomic E-state index is 11.9. The molecule has 0 fully saturated rings. The number of halogens is 1. The van der Waals surface area contributed by atoms with E-state index in [-0.39, 0.29) is 11.3 Å². The van der Waals surface area contributed by atoms with Crippen molar-refractivity contribution in [3.63, 3.8) is 0 Å². The van der Waals surface area contributed by atoms with Gasteiger partial charge < -0.3 is 5.11 Å². The third-order valence-electron chi connectivity index (χ3n) is 2.71. The average Bonchev–Trinajstić information content (AvgIpc) is 2.46. The molecule has 2 aromatic carbocycles. The molecular weight excluding hydrogens is 276 g/mol. The summed E-state index contributed by atoms with van der Waals surface area (Å²) in [6.07, 6.45) is 3.08. The van der Waals surface area contributed by atoms with Crippen molar-refractivity contribution >= 4 is 29.4 Å². The molecule has 0 amide bonds. The number of carbonyl (C=O) groups is 2. The van der Waals surface area contributed by atoms with Crippen LogP contribution in [0.2, 0.25) is 5.02 Å². The number of allylic oxidation sites excluding steroid dienone is 1. The lowest BCUT2D eigenvalue weighted by Gasteiger charge is -1.97. The molecule has 0 atom stereocenters. The third kappa shape index (κ3) is 3.56. The Labute approximate surface area is 121 Å². The fourth-order valence-electron chi connectivity index (χ4n) is 1.62. The summed E-state index contributed by atoms with van der Waals surface area (Å²) in [4.78, 5) is 22.6. The Hall–Kier alpha value is -2.39. The normalized spacial score (nSPS) is 10.7. The second-order valence-corrected chi connectivity index (χ2v) is 4.57. The minimum Gasteiger partial charge on any atom is -0.478 e. The Bertz CT molecular complexity index is 655. The summed E-state index contributed by atoms with van der Waals surface area (Å²) in [5.74, 6) is -1.11. The molecule has 0 bridgehead atoms. The average molecular weight is 287 g/mol. The molecule has 0 aliphatic rings. The van der Waals surface area contributed by atoms with Gasteiger partial charge in [-0.2, -0.15) is 0 Å². The van der Waals surface area contributed by atoms with E-state index in [0.717, 1.165) is 5.56 Å². The first-order valence-electron chi connectivity index (χ1n) is 5.87. The lowest BCUT2D eigenvalue weighted by atomic mass is 10.1. The van der Waals surface area contributed by atoms with Crippen LogP contribution in [0.1, 0.15) is 26.3 Å². The maximum absolute atomic E-state index is 11.9. The highest BCUT2D eigenvalue weighted by Gasteiger charge is 2.02. The Morgan fingerprint density at radius 1 is 0.900 bits per heavy atom. The Balaban J connectivity index is 2.10. The molecule has 0 spiro atoms.